The highest BCUT2D eigenvalue weighted by molar-refractivity contribution is 5.87. The number of carbonyl (C=O) groups excluding carboxylic acids is 1. The molecule has 1 amide bonds. The molecule has 9 heteroatoms. The van der Waals surface area contributed by atoms with Crippen LogP contribution >= 0.6 is 0 Å². The Morgan fingerprint density at radius 2 is 2.12 bits per heavy atom. The normalized spacial score (nSPS) is 13.2. The van der Waals surface area contributed by atoms with Crippen molar-refractivity contribution < 1.29 is 27.9 Å². The van der Waals surface area contributed by atoms with E-state index < -0.39 is 24.1 Å². The maximum atomic E-state index is 11.9. The van der Waals surface area contributed by atoms with Gasteiger partial charge < -0.3 is 15.4 Å². The minimum atomic E-state index is -5.14. The van der Waals surface area contributed by atoms with Gasteiger partial charge in [-0.05, 0) is 0 Å². The first kappa shape index (κ1) is 12.0. The van der Waals surface area contributed by atoms with E-state index in [2.05, 4.69) is 9.97 Å². The fraction of sp³-hybridized carbons (Fsp3) is 0.286. The average molecular weight is 237 g/mol. The monoisotopic (exact) mass is 237 g/mol. The van der Waals surface area contributed by atoms with Crippen LogP contribution in [0.2, 0.25) is 0 Å². The molecular formula is C7H6F3N3O3. The van der Waals surface area contributed by atoms with Crippen LogP contribution in [0.3, 0.4) is 0 Å². The third-order valence-electron chi connectivity index (χ3n) is 1.57. The summed E-state index contributed by atoms with van der Waals surface area (Å²) in [6, 6.07) is -1.86. The number of carbonyl (C=O) groups is 2. The molecule has 0 aliphatic rings. The van der Waals surface area contributed by atoms with E-state index in [0.717, 1.165) is 6.20 Å². The number of rotatable bonds is 3. The fourth-order valence-corrected chi connectivity index (χ4v) is 0.895. The summed E-state index contributed by atoms with van der Waals surface area (Å²) in [6.45, 7) is 0. The summed E-state index contributed by atoms with van der Waals surface area (Å²) in [7, 11) is 0. The Morgan fingerprint density at radius 1 is 1.50 bits per heavy atom. The topological polar surface area (TPSA) is 95.1 Å². The summed E-state index contributed by atoms with van der Waals surface area (Å²) in [5, 5.41) is 9.92. The van der Waals surface area contributed by atoms with Crippen molar-refractivity contribution in [2.45, 2.75) is 12.2 Å². The molecule has 16 heavy (non-hydrogen) atoms. The van der Waals surface area contributed by atoms with E-state index in [0.29, 0.717) is 0 Å². The van der Waals surface area contributed by atoms with Crippen molar-refractivity contribution in [2.24, 2.45) is 0 Å². The van der Waals surface area contributed by atoms with Crippen molar-refractivity contribution in [1.29, 1.82) is 0 Å². The maximum absolute atomic E-state index is 11.9. The maximum Gasteiger partial charge on any atom is 0.471 e. The van der Waals surface area contributed by atoms with Gasteiger partial charge in [0, 0.05) is 12.4 Å². The number of carboxylic acids is 1. The number of H-pyrrole nitrogens is 1. The van der Waals surface area contributed by atoms with Crippen LogP contribution in [0.5, 0.6) is 0 Å². The summed E-state index contributed by atoms with van der Waals surface area (Å²) in [4.78, 5) is 26.9. The zero-order chi connectivity index (χ0) is 12.3. The smallest absolute Gasteiger partial charge is 0.471 e. The number of aromatic amines is 1. The SMILES string of the molecule is O=C(O)C(NC(=O)C(F)(F)F)c1ncc[nH]1. The molecule has 0 aliphatic heterocycles. The van der Waals surface area contributed by atoms with Gasteiger partial charge in [-0.2, -0.15) is 13.2 Å². The standard InChI is InChI=1S/C7H6F3N3O3/c8-7(9,10)6(16)13-3(5(14)15)4-11-1-2-12-4/h1-3H,(H,11,12)(H,13,16)(H,14,15). The lowest BCUT2D eigenvalue weighted by atomic mass is 10.3. The van der Waals surface area contributed by atoms with Crippen LogP contribution in [0, 0.1) is 0 Å². The van der Waals surface area contributed by atoms with E-state index in [4.69, 9.17) is 5.11 Å². The van der Waals surface area contributed by atoms with Gasteiger partial charge in [-0.15, -0.1) is 0 Å². The highest BCUT2D eigenvalue weighted by Crippen LogP contribution is 2.17. The van der Waals surface area contributed by atoms with Crippen LogP contribution < -0.4 is 5.32 Å². The molecule has 0 saturated heterocycles. The van der Waals surface area contributed by atoms with Crippen molar-refractivity contribution >= 4 is 11.9 Å². The van der Waals surface area contributed by atoms with Crippen molar-refractivity contribution in [3.8, 4) is 0 Å². The van der Waals surface area contributed by atoms with Crippen LogP contribution in [-0.4, -0.2) is 33.1 Å². The van der Waals surface area contributed by atoms with Crippen LogP contribution in [0.15, 0.2) is 12.4 Å². The second-order valence-corrected chi connectivity index (χ2v) is 2.72. The van der Waals surface area contributed by atoms with Crippen molar-refractivity contribution in [3.63, 3.8) is 0 Å². The van der Waals surface area contributed by atoms with Crippen LogP contribution in [-0.2, 0) is 9.59 Å². The quantitative estimate of drug-likeness (QED) is 0.700. The Hall–Kier alpha value is -2.06. The van der Waals surface area contributed by atoms with Gasteiger partial charge in [0.2, 0.25) is 0 Å². The minimum Gasteiger partial charge on any atom is -0.479 e. The number of carboxylic acid groups (broad SMARTS) is 1. The number of aromatic nitrogens is 2. The summed E-state index contributed by atoms with van der Waals surface area (Å²) in [5.41, 5.74) is 0. The van der Waals surface area contributed by atoms with Crippen molar-refractivity contribution in [3.05, 3.63) is 18.2 Å². The molecule has 1 rings (SSSR count). The molecule has 1 atom stereocenters. The number of imidazole rings is 1. The van der Waals surface area contributed by atoms with E-state index in [1.54, 1.807) is 0 Å². The lowest BCUT2D eigenvalue weighted by Crippen LogP contribution is -2.42. The first-order valence-electron chi connectivity index (χ1n) is 3.92. The molecule has 0 aliphatic carbocycles. The predicted octanol–water partition coefficient (Wildman–Crippen LogP) is 0.214. The fourth-order valence-electron chi connectivity index (χ4n) is 0.895. The molecule has 0 spiro atoms. The third-order valence-corrected chi connectivity index (χ3v) is 1.57. The van der Waals surface area contributed by atoms with Gasteiger partial charge in [-0.25, -0.2) is 9.78 Å². The Balaban J connectivity index is 2.83. The first-order valence-corrected chi connectivity index (χ1v) is 3.92. The molecular weight excluding hydrogens is 231 g/mol. The van der Waals surface area contributed by atoms with E-state index >= 15 is 0 Å². The number of nitrogens with zero attached hydrogens (tertiary/aromatic N) is 1. The minimum absolute atomic E-state index is 0.287. The lowest BCUT2D eigenvalue weighted by molar-refractivity contribution is -0.175. The van der Waals surface area contributed by atoms with Crippen LogP contribution in [0.4, 0.5) is 13.2 Å². The molecule has 0 bridgehead atoms. The lowest BCUT2D eigenvalue weighted by Gasteiger charge is -2.13. The number of alkyl halides is 3. The average Bonchev–Trinajstić information content (AvgIpc) is 2.63. The highest BCUT2D eigenvalue weighted by Gasteiger charge is 2.41. The number of amides is 1. The Labute approximate surface area is 86.5 Å². The number of aliphatic carboxylic acids is 1. The van der Waals surface area contributed by atoms with Crippen LogP contribution in [0.1, 0.15) is 11.9 Å². The predicted molar refractivity (Wildman–Crippen MR) is 43.2 cm³/mol. The van der Waals surface area contributed by atoms with Gasteiger partial charge in [-0.3, -0.25) is 4.79 Å². The van der Waals surface area contributed by atoms with Crippen LogP contribution in [0.25, 0.3) is 0 Å². The van der Waals surface area contributed by atoms with Gasteiger partial charge in [0.1, 0.15) is 5.82 Å². The van der Waals surface area contributed by atoms with Crippen molar-refractivity contribution in [2.75, 3.05) is 0 Å². The summed E-state index contributed by atoms with van der Waals surface area (Å²) in [6.07, 6.45) is -2.75. The van der Waals surface area contributed by atoms with E-state index in [1.165, 1.54) is 11.5 Å². The van der Waals surface area contributed by atoms with Gasteiger partial charge in [0.25, 0.3) is 0 Å². The van der Waals surface area contributed by atoms with Crippen molar-refractivity contribution in [1.82, 2.24) is 15.3 Å². The molecule has 1 heterocycles. The molecule has 1 aromatic rings. The summed E-state index contributed by atoms with van der Waals surface area (Å²) >= 11 is 0. The van der Waals surface area contributed by atoms with Gasteiger partial charge in [0.05, 0.1) is 0 Å². The number of hydrogen-bond donors (Lipinski definition) is 3. The molecule has 0 saturated carbocycles. The highest BCUT2D eigenvalue weighted by atomic mass is 19.4. The van der Waals surface area contributed by atoms with E-state index in [1.807, 2.05) is 0 Å². The number of nitrogens with one attached hydrogen (secondary N) is 2. The molecule has 1 unspecified atom stereocenters. The van der Waals surface area contributed by atoms with E-state index in [9.17, 15) is 22.8 Å². The molecule has 0 radical (unpaired) electrons. The van der Waals surface area contributed by atoms with Gasteiger partial charge >= 0.3 is 18.1 Å². The summed E-state index contributed by atoms with van der Waals surface area (Å²) < 4.78 is 35.6. The Bertz CT molecular complexity index is 387. The third kappa shape index (κ3) is 2.72. The molecule has 0 aromatic carbocycles. The number of halogens is 3. The second-order valence-electron chi connectivity index (χ2n) is 2.72. The second kappa shape index (κ2) is 4.21. The number of hydrogen-bond acceptors (Lipinski definition) is 3. The summed E-state index contributed by atoms with van der Waals surface area (Å²) in [5.74, 6) is -4.27. The largest absolute Gasteiger partial charge is 0.479 e. The zero-order valence-electron chi connectivity index (χ0n) is 7.58. The molecule has 1 aromatic heterocycles. The zero-order valence-corrected chi connectivity index (χ0v) is 7.58. The first-order chi connectivity index (χ1) is 7.32. The van der Waals surface area contributed by atoms with E-state index in [-0.39, 0.29) is 5.82 Å². The molecule has 0 fully saturated rings. The van der Waals surface area contributed by atoms with Gasteiger partial charge in [0.15, 0.2) is 6.04 Å². The molecule has 3 N–H and O–H groups in total. The Kier molecular flexibility index (Phi) is 3.16. The Morgan fingerprint density at radius 3 is 2.50 bits per heavy atom. The van der Waals surface area contributed by atoms with Gasteiger partial charge in [-0.1, -0.05) is 0 Å². The molecule has 88 valence electrons. The molecule has 6 nitrogen and oxygen atoms in total.